The van der Waals surface area contributed by atoms with Gasteiger partial charge in [0.25, 0.3) is 0 Å². The number of carbonyl (C=O) groups excluding carboxylic acids is 1. The minimum atomic E-state index is -1.11. The lowest BCUT2D eigenvalue weighted by Crippen LogP contribution is -2.64. The molecule has 0 saturated carbocycles. The Balaban J connectivity index is 1.26. The van der Waals surface area contributed by atoms with Gasteiger partial charge in [-0.15, -0.1) is 0 Å². The number of H-pyrrole nitrogens is 1. The van der Waals surface area contributed by atoms with E-state index in [1.807, 2.05) is 24.3 Å². The van der Waals surface area contributed by atoms with Gasteiger partial charge >= 0.3 is 0 Å². The summed E-state index contributed by atoms with van der Waals surface area (Å²) in [5.74, 6) is -0.0396. The molecule has 5 nitrogen and oxygen atoms in total. The minimum Gasteiger partial charge on any atom is -0.324 e. The van der Waals surface area contributed by atoms with Crippen LogP contribution in [0.25, 0.3) is 22.0 Å². The minimum absolute atomic E-state index is 0.220. The van der Waals surface area contributed by atoms with Crippen molar-refractivity contribution in [2.24, 2.45) is 5.73 Å². The van der Waals surface area contributed by atoms with E-state index >= 15 is 0 Å². The average Bonchev–Trinajstić information content (AvgIpc) is 3.37. The number of amides is 1. The van der Waals surface area contributed by atoms with Gasteiger partial charge in [0, 0.05) is 16.9 Å². The van der Waals surface area contributed by atoms with Crippen molar-refractivity contribution in [2.45, 2.75) is 37.1 Å². The summed E-state index contributed by atoms with van der Waals surface area (Å²) in [6.45, 7) is 4.32. The SMILES string of the molecule is Cc1ccc(-c2cnc(NC(=O)C3(N)CC4(C)c5ccccc5C3c3ccccc34)[nH]2)c2ccccc12. The number of rotatable bonds is 3. The van der Waals surface area contributed by atoms with Gasteiger partial charge < -0.3 is 10.7 Å². The molecule has 1 atom stereocenters. The van der Waals surface area contributed by atoms with Gasteiger partial charge in [0.2, 0.25) is 11.9 Å². The van der Waals surface area contributed by atoms with Gasteiger partial charge in [-0.2, -0.15) is 0 Å². The highest BCUT2D eigenvalue weighted by Crippen LogP contribution is 2.59. The maximum absolute atomic E-state index is 13.9. The fourth-order valence-corrected chi connectivity index (χ4v) is 6.89. The number of carbonyl (C=O) groups is 1. The zero-order valence-electron chi connectivity index (χ0n) is 20.9. The van der Waals surface area contributed by atoms with Crippen LogP contribution < -0.4 is 11.1 Å². The summed E-state index contributed by atoms with van der Waals surface area (Å²) in [6, 6.07) is 29.4. The highest BCUT2D eigenvalue weighted by molar-refractivity contribution is 6.01. The molecule has 4 N–H and O–H groups in total. The Hall–Kier alpha value is -4.22. The van der Waals surface area contributed by atoms with Gasteiger partial charge in [0.1, 0.15) is 5.54 Å². The van der Waals surface area contributed by atoms with Crippen molar-refractivity contribution in [1.29, 1.82) is 0 Å². The predicted octanol–water partition coefficient (Wildman–Crippen LogP) is 6.03. The quantitative estimate of drug-likeness (QED) is 0.292. The van der Waals surface area contributed by atoms with E-state index in [0.717, 1.165) is 27.8 Å². The topological polar surface area (TPSA) is 83.8 Å². The zero-order chi connectivity index (χ0) is 25.4. The summed E-state index contributed by atoms with van der Waals surface area (Å²) in [7, 11) is 0. The molecule has 182 valence electrons. The fourth-order valence-electron chi connectivity index (χ4n) is 6.89. The lowest BCUT2D eigenvalue weighted by Gasteiger charge is -2.55. The molecule has 0 aliphatic heterocycles. The lowest BCUT2D eigenvalue weighted by molar-refractivity contribution is -0.123. The maximum atomic E-state index is 13.9. The molecule has 0 fully saturated rings. The molecule has 1 unspecified atom stereocenters. The van der Waals surface area contributed by atoms with Gasteiger partial charge in [0.05, 0.1) is 11.9 Å². The Morgan fingerprint density at radius 3 is 2.24 bits per heavy atom. The van der Waals surface area contributed by atoms with Crippen molar-refractivity contribution in [1.82, 2.24) is 9.97 Å². The third-order valence-corrected chi connectivity index (χ3v) is 8.56. The summed E-state index contributed by atoms with van der Waals surface area (Å²) in [5, 5.41) is 5.38. The Labute approximate surface area is 215 Å². The van der Waals surface area contributed by atoms with E-state index in [2.05, 4.69) is 89.8 Å². The molecule has 0 spiro atoms. The average molecular weight is 485 g/mol. The largest absolute Gasteiger partial charge is 0.324 e. The smallest absolute Gasteiger partial charge is 0.247 e. The molecule has 0 radical (unpaired) electrons. The van der Waals surface area contributed by atoms with Gasteiger partial charge in [0.15, 0.2) is 0 Å². The number of anilines is 1. The molecule has 5 aromatic rings. The van der Waals surface area contributed by atoms with Crippen LogP contribution in [0.15, 0.2) is 91.1 Å². The monoisotopic (exact) mass is 484 g/mol. The molecule has 37 heavy (non-hydrogen) atoms. The Kier molecular flexibility index (Phi) is 4.55. The summed E-state index contributed by atoms with van der Waals surface area (Å²) in [5.41, 5.74) is 13.6. The van der Waals surface area contributed by atoms with Crippen molar-refractivity contribution in [3.63, 3.8) is 0 Å². The first kappa shape index (κ1) is 22.0. The lowest BCUT2D eigenvalue weighted by atomic mass is 9.49. The maximum Gasteiger partial charge on any atom is 0.247 e. The molecule has 2 bridgehead atoms. The predicted molar refractivity (Wildman–Crippen MR) is 148 cm³/mol. The second kappa shape index (κ2) is 7.64. The first-order chi connectivity index (χ1) is 17.9. The number of benzene rings is 4. The molecule has 1 aromatic heterocycles. The number of aryl methyl sites for hydroxylation is 1. The van der Waals surface area contributed by atoms with Crippen LogP contribution in [-0.2, 0) is 10.2 Å². The van der Waals surface area contributed by atoms with Crippen molar-refractivity contribution in [2.75, 3.05) is 5.32 Å². The zero-order valence-corrected chi connectivity index (χ0v) is 20.9. The molecule has 1 heterocycles. The first-order valence-electron chi connectivity index (χ1n) is 12.7. The molecular weight excluding hydrogens is 456 g/mol. The van der Waals surface area contributed by atoms with Gasteiger partial charge in [-0.3, -0.25) is 10.1 Å². The fraction of sp³-hybridized carbons (Fsp3) is 0.188. The van der Waals surface area contributed by atoms with Crippen LogP contribution in [0.5, 0.6) is 0 Å². The van der Waals surface area contributed by atoms with E-state index in [0.29, 0.717) is 12.4 Å². The van der Waals surface area contributed by atoms with Crippen LogP contribution >= 0.6 is 0 Å². The summed E-state index contributed by atoms with van der Waals surface area (Å²) >= 11 is 0. The van der Waals surface area contributed by atoms with Crippen LogP contribution in [0.3, 0.4) is 0 Å². The van der Waals surface area contributed by atoms with E-state index < -0.39 is 5.54 Å². The van der Waals surface area contributed by atoms with Crippen LogP contribution in [0.2, 0.25) is 0 Å². The first-order valence-corrected chi connectivity index (χ1v) is 12.7. The number of hydrogen-bond acceptors (Lipinski definition) is 3. The molecule has 5 heteroatoms. The third kappa shape index (κ3) is 3.01. The summed E-state index contributed by atoms with van der Waals surface area (Å²) in [4.78, 5) is 21.8. The van der Waals surface area contributed by atoms with E-state index in [1.165, 1.54) is 22.1 Å². The molecule has 0 saturated heterocycles. The molecule has 3 aliphatic carbocycles. The number of fused-ring (bicyclic) bond motifs is 2. The van der Waals surface area contributed by atoms with E-state index in [4.69, 9.17) is 5.73 Å². The second-order valence-electron chi connectivity index (χ2n) is 10.7. The van der Waals surface area contributed by atoms with Crippen LogP contribution in [-0.4, -0.2) is 21.4 Å². The van der Waals surface area contributed by atoms with Crippen molar-refractivity contribution in [3.05, 3.63) is 119 Å². The van der Waals surface area contributed by atoms with Crippen molar-refractivity contribution >= 4 is 22.6 Å². The summed E-state index contributed by atoms with van der Waals surface area (Å²) < 4.78 is 0. The highest BCUT2D eigenvalue weighted by atomic mass is 16.2. The number of aromatic nitrogens is 2. The molecular formula is C32H28N4O. The van der Waals surface area contributed by atoms with Crippen LogP contribution in [0.4, 0.5) is 5.95 Å². The number of hydrogen-bond donors (Lipinski definition) is 3. The molecule has 1 amide bonds. The summed E-state index contributed by atoms with van der Waals surface area (Å²) in [6.07, 6.45) is 2.30. The van der Waals surface area contributed by atoms with Crippen molar-refractivity contribution < 1.29 is 4.79 Å². The number of imidazole rings is 1. The van der Waals surface area contributed by atoms with Crippen LogP contribution in [0, 0.1) is 6.92 Å². The van der Waals surface area contributed by atoms with E-state index in [9.17, 15) is 4.79 Å². The second-order valence-corrected chi connectivity index (χ2v) is 10.7. The third-order valence-electron chi connectivity index (χ3n) is 8.56. The van der Waals surface area contributed by atoms with Crippen LogP contribution in [0.1, 0.15) is 47.1 Å². The van der Waals surface area contributed by atoms with Gasteiger partial charge in [-0.1, -0.05) is 91.9 Å². The molecule has 8 rings (SSSR count). The van der Waals surface area contributed by atoms with Gasteiger partial charge in [-0.05, 0) is 51.9 Å². The van der Waals surface area contributed by atoms with E-state index in [1.54, 1.807) is 6.20 Å². The Bertz CT molecular complexity index is 1670. The van der Waals surface area contributed by atoms with E-state index in [-0.39, 0.29) is 17.2 Å². The number of nitrogens with one attached hydrogen (secondary N) is 2. The standard InChI is InChI=1S/C32H28N4O/c1-19-15-16-22(21-10-4-3-9-20(19)21)27-17-34-30(35-27)36-29(37)32(33)18-31(2)25-13-7-5-11-23(25)28(32)24-12-6-8-14-26(24)31/h3-17,28H,18,33H2,1-2H3,(H2,34,35,36,37). The number of aromatic amines is 1. The molecule has 3 aliphatic rings. The Morgan fingerprint density at radius 1 is 0.919 bits per heavy atom. The van der Waals surface area contributed by atoms with Crippen molar-refractivity contribution in [3.8, 4) is 11.3 Å². The van der Waals surface area contributed by atoms with Gasteiger partial charge in [-0.25, -0.2) is 4.98 Å². The Morgan fingerprint density at radius 2 is 1.54 bits per heavy atom. The number of nitrogens with zero attached hydrogens (tertiary/aromatic N) is 1. The number of nitrogens with two attached hydrogens (primary N) is 1. The molecule has 4 aromatic carbocycles. The highest BCUT2D eigenvalue weighted by Gasteiger charge is 2.59. The normalized spacial score (nSPS) is 23.5.